The molecule has 2 aromatic rings. The second-order valence-electron chi connectivity index (χ2n) is 5.65. The second kappa shape index (κ2) is 6.29. The van der Waals surface area contributed by atoms with Crippen molar-refractivity contribution in [3.63, 3.8) is 0 Å². The van der Waals surface area contributed by atoms with Gasteiger partial charge in [-0.3, -0.25) is 0 Å². The molecular formula is C15H19N3O4S. The van der Waals surface area contributed by atoms with Gasteiger partial charge < -0.3 is 9.26 Å². The fourth-order valence-electron chi connectivity index (χ4n) is 2.73. The molecule has 1 aliphatic heterocycles. The van der Waals surface area contributed by atoms with Gasteiger partial charge in [-0.1, -0.05) is 17.3 Å². The number of rotatable bonds is 4. The first kappa shape index (κ1) is 15.9. The van der Waals surface area contributed by atoms with Crippen LogP contribution in [0.3, 0.4) is 0 Å². The van der Waals surface area contributed by atoms with Crippen molar-refractivity contribution >= 4 is 10.0 Å². The van der Waals surface area contributed by atoms with Crippen molar-refractivity contribution in [1.29, 1.82) is 0 Å². The van der Waals surface area contributed by atoms with Crippen LogP contribution in [0.2, 0.25) is 0 Å². The lowest BCUT2D eigenvalue weighted by atomic mass is 10.00. The summed E-state index contributed by atoms with van der Waals surface area (Å²) >= 11 is 0. The Bertz CT molecular complexity index is 788. The number of sulfonamides is 1. The van der Waals surface area contributed by atoms with Crippen LogP contribution >= 0.6 is 0 Å². The summed E-state index contributed by atoms with van der Waals surface area (Å²) in [6, 6.07) is 7.41. The number of benzene rings is 1. The van der Waals surface area contributed by atoms with Gasteiger partial charge in [0.25, 0.3) is 0 Å². The predicted molar refractivity (Wildman–Crippen MR) is 84.7 cm³/mol. The minimum absolute atomic E-state index is 0.0645. The van der Waals surface area contributed by atoms with Crippen LogP contribution in [0.5, 0.6) is 5.75 Å². The smallest absolute Gasteiger partial charge is 0.231 e. The molecule has 1 aromatic carbocycles. The van der Waals surface area contributed by atoms with Crippen LogP contribution in [0, 0.1) is 0 Å². The van der Waals surface area contributed by atoms with Crippen molar-refractivity contribution < 1.29 is 17.7 Å². The highest BCUT2D eigenvalue weighted by Gasteiger charge is 2.30. The first-order chi connectivity index (χ1) is 11.0. The van der Waals surface area contributed by atoms with Gasteiger partial charge in [-0.15, -0.1) is 0 Å². The Hall–Kier alpha value is -1.93. The average Bonchev–Trinajstić information content (AvgIpc) is 3.04. The van der Waals surface area contributed by atoms with Gasteiger partial charge >= 0.3 is 0 Å². The summed E-state index contributed by atoms with van der Waals surface area (Å²) < 4.78 is 35.4. The van der Waals surface area contributed by atoms with Gasteiger partial charge in [0.1, 0.15) is 5.75 Å². The fraction of sp³-hybridized carbons (Fsp3) is 0.467. The first-order valence-corrected chi connectivity index (χ1v) is 9.25. The normalized spacial score (nSPS) is 19.7. The van der Waals surface area contributed by atoms with Crippen LogP contribution in [0.25, 0.3) is 11.4 Å². The first-order valence-electron chi connectivity index (χ1n) is 7.40. The van der Waals surface area contributed by atoms with Crippen LogP contribution in [0.4, 0.5) is 0 Å². The Kier molecular flexibility index (Phi) is 4.36. The minimum Gasteiger partial charge on any atom is -0.497 e. The standard InChI is InChI=1S/C15H19N3O4S/c1-21-13-7-3-5-11(9-13)14-16-15(22-17-14)12-6-4-8-18(10-12)23(2,19)20/h3,5,7,9,12H,4,6,8,10H2,1-2H3. The van der Waals surface area contributed by atoms with Crippen LogP contribution in [-0.4, -0.2) is 49.3 Å². The highest BCUT2D eigenvalue weighted by atomic mass is 32.2. The Morgan fingerprint density at radius 2 is 2.22 bits per heavy atom. The topological polar surface area (TPSA) is 85.5 Å². The zero-order chi connectivity index (χ0) is 16.4. The van der Waals surface area contributed by atoms with E-state index in [1.165, 1.54) is 10.6 Å². The lowest BCUT2D eigenvalue weighted by Gasteiger charge is -2.28. The van der Waals surface area contributed by atoms with E-state index in [1.807, 2.05) is 24.3 Å². The molecule has 1 atom stereocenters. The Morgan fingerprint density at radius 3 is 2.96 bits per heavy atom. The summed E-state index contributed by atoms with van der Waals surface area (Å²) in [6.45, 7) is 0.935. The summed E-state index contributed by atoms with van der Waals surface area (Å²) in [5, 5.41) is 4.01. The maximum absolute atomic E-state index is 11.7. The molecule has 124 valence electrons. The highest BCUT2D eigenvalue weighted by molar-refractivity contribution is 7.88. The largest absolute Gasteiger partial charge is 0.497 e. The van der Waals surface area contributed by atoms with E-state index in [0.29, 0.717) is 24.8 Å². The molecule has 0 amide bonds. The third-order valence-corrected chi connectivity index (χ3v) is 5.24. The summed E-state index contributed by atoms with van der Waals surface area (Å²) in [7, 11) is -1.59. The van der Waals surface area contributed by atoms with Gasteiger partial charge in [0.15, 0.2) is 0 Å². The molecule has 0 aliphatic carbocycles. The SMILES string of the molecule is COc1cccc(-c2noc(C3CCCN(S(C)(=O)=O)C3)n2)c1. The maximum atomic E-state index is 11.7. The Morgan fingerprint density at radius 1 is 1.39 bits per heavy atom. The van der Waals surface area contributed by atoms with Crippen LogP contribution in [-0.2, 0) is 10.0 Å². The lowest BCUT2D eigenvalue weighted by molar-refractivity contribution is 0.266. The molecule has 0 spiro atoms. The monoisotopic (exact) mass is 337 g/mol. The zero-order valence-corrected chi connectivity index (χ0v) is 13.9. The molecule has 3 rings (SSSR count). The molecule has 0 saturated carbocycles. The van der Waals surface area contributed by atoms with Gasteiger partial charge in [-0.05, 0) is 25.0 Å². The number of nitrogens with zero attached hydrogens (tertiary/aromatic N) is 3. The van der Waals surface area contributed by atoms with Gasteiger partial charge in [0.2, 0.25) is 21.7 Å². The third kappa shape index (κ3) is 3.53. The van der Waals surface area contributed by atoms with Crippen LogP contribution < -0.4 is 4.74 Å². The number of methoxy groups -OCH3 is 1. The van der Waals surface area contributed by atoms with Crippen molar-refractivity contribution in [3.8, 4) is 17.1 Å². The molecule has 8 heteroatoms. The number of hydrogen-bond donors (Lipinski definition) is 0. The molecule has 1 aromatic heterocycles. The maximum Gasteiger partial charge on any atom is 0.231 e. The van der Waals surface area contributed by atoms with Crippen LogP contribution in [0.1, 0.15) is 24.7 Å². The molecule has 2 heterocycles. The highest BCUT2D eigenvalue weighted by Crippen LogP contribution is 2.29. The van der Waals surface area contributed by atoms with E-state index >= 15 is 0 Å². The molecule has 1 fully saturated rings. The van der Waals surface area contributed by atoms with E-state index in [1.54, 1.807) is 7.11 Å². The zero-order valence-electron chi connectivity index (χ0n) is 13.1. The predicted octanol–water partition coefficient (Wildman–Crippen LogP) is 1.88. The molecule has 0 N–H and O–H groups in total. The van der Waals surface area contributed by atoms with E-state index in [-0.39, 0.29) is 5.92 Å². The Labute approximate surface area is 135 Å². The quantitative estimate of drug-likeness (QED) is 0.847. The number of piperidine rings is 1. The molecule has 0 bridgehead atoms. The van der Waals surface area contributed by atoms with Gasteiger partial charge in [-0.25, -0.2) is 12.7 Å². The summed E-state index contributed by atoms with van der Waals surface area (Å²) in [4.78, 5) is 4.44. The van der Waals surface area contributed by atoms with E-state index < -0.39 is 10.0 Å². The third-order valence-electron chi connectivity index (χ3n) is 3.97. The van der Waals surface area contributed by atoms with Crippen LogP contribution in [0.15, 0.2) is 28.8 Å². The molecular weight excluding hydrogens is 318 g/mol. The van der Waals surface area contributed by atoms with E-state index in [2.05, 4.69) is 10.1 Å². The molecule has 1 saturated heterocycles. The molecule has 1 unspecified atom stereocenters. The minimum atomic E-state index is -3.19. The summed E-state index contributed by atoms with van der Waals surface area (Å²) in [6.07, 6.45) is 2.85. The Balaban J connectivity index is 1.81. The molecule has 0 radical (unpaired) electrons. The van der Waals surface area contributed by atoms with Gasteiger partial charge in [0, 0.05) is 18.7 Å². The number of hydrogen-bond acceptors (Lipinski definition) is 6. The molecule has 23 heavy (non-hydrogen) atoms. The second-order valence-corrected chi connectivity index (χ2v) is 7.63. The van der Waals surface area contributed by atoms with E-state index in [4.69, 9.17) is 9.26 Å². The van der Waals surface area contributed by atoms with Crippen molar-refractivity contribution in [2.24, 2.45) is 0 Å². The molecule has 1 aliphatic rings. The van der Waals surface area contributed by atoms with Gasteiger partial charge in [0.05, 0.1) is 19.3 Å². The lowest BCUT2D eigenvalue weighted by Crippen LogP contribution is -2.38. The fourth-order valence-corrected chi connectivity index (χ4v) is 3.64. The number of aromatic nitrogens is 2. The van der Waals surface area contributed by atoms with Gasteiger partial charge in [-0.2, -0.15) is 4.98 Å². The van der Waals surface area contributed by atoms with Crippen molar-refractivity contribution in [1.82, 2.24) is 14.4 Å². The van der Waals surface area contributed by atoms with Crippen molar-refractivity contribution in [2.75, 3.05) is 26.5 Å². The number of ether oxygens (including phenoxy) is 1. The van der Waals surface area contributed by atoms with E-state index in [9.17, 15) is 8.42 Å². The van der Waals surface area contributed by atoms with Crippen molar-refractivity contribution in [3.05, 3.63) is 30.2 Å². The van der Waals surface area contributed by atoms with E-state index in [0.717, 1.165) is 24.2 Å². The van der Waals surface area contributed by atoms with Crippen molar-refractivity contribution in [2.45, 2.75) is 18.8 Å². The summed E-state index contributed by atoms with van der Waals surface area (Å²) in [5.41, 5.74) is 0.801. The molecule has 7 nitrogen and oxygen atoms in total. The summed E-state index contributed by atoms with van der Waals surface area (Å²) in [5.74, 6) is 1.62. The average molecular weight is 337 g/mol.